The summed E-state index contributed by atoms with van der Waals surface area (Å²) < 4.78 is 0. The van der Waals surface area contributed by atoms with E-state index in [1.807, 2.05) is 0 Å². The smallest absolute Gasteiger partial charge is 0.0737 e. The molecule has 17 heavy (non-hydrogen) atoms. The average molecular weight is 234 g/mol. The van der Waals surface area contributed by atoms with E-state index in [2.05, 4.69) is 6.92 Å². The second kappa shape index (κ2) is 7.49. The molecule has 2 aliphatic rings. The van der Waals surface area contributed by atoms with Crippen molar-refractivity contribution in [1.82, 2.24) is 0 Å². The first kappa shape index (κ1) is 13.5. The molecule has 0 amide bonds. The molecule has 0 spiro atoms. The molecule has 0 aromatic heterocycles. The first-order valence-corrected chi connectivity index (χ1v) is 8.42. The van der Waals surface area contributed by atoms with Crippen molar-refractivity contribution in [2.24, 2.45) is 0 Å². The summed E-state index contributed by atoms with van der Waals surface area (Å²) in [6, 6.07) is 0. The Morgan fingerprint density at radius 1 is 0.765 bits per heavy atom. The maximum Gasteiger partial charge on any atom is 0.146 e. The van der Waals surface area contributed by atoms with E-state index in [0.29, 0.717) is 0 Å². The molecule has 0 aromatic rings. The summed E-state index contributed by atoms with van der Waals surface area (Å²) in [6.07, 6.45) is 19.8. The quantitative estimate of drug-likeness (QED) is 0.377. The van der Waals surface area contributed by atoms with Crippen LogP contribution in [0.15, 0.2) is 0 Å². The summed E-state index contributed by atoms with van der Waals surface area (Å²) in [4.78, 5) is 0. The summed E-state index contributed by atoms with van der Waals surface area (Å²) in [6.45, 7) is 3.45. The molecule has 0 radical (unpaired) electrons. The molecule has 2 fully saturated rings. The molecule has 98 valence electrons. The third-order valence-corrected chi connectivity index (χ3v) is 5.40. The van der Waals surface area contributed by atoms with Gasteiger partial charge in [0.2, 0.25) is 0 Å². The molecular weight excluding hydrogens is 203 g/mol. The summed E-state index contributed by atoms with van der Waals surface area (Å²) in [7, 11) is 0. The van der Waals surface area contributed by atoms with E-state index in [-0.39, 0.29) is 0 Å². The van der Waals surface area contributed by atoms with E-state index in [4.69, 9.17) is 0 Å². The van der Waals surface area contributed by atoms with E-state index in [0.717, 1.165) is 18.3 Å². The van der Waals surface area contributed by atoms with Crippen LogP contribution >= 0.6 is 0 Å². The molecule has 0 unspecified atom stereocenters. The molecule has 0 saturated carbocycles. The van der Waals surface area contributed by atoms with Gasteiger partial charge in [-0.25, -0.2) is 0 Å². The van der Waals surface area contributed by atoms with E-state index in [1.54, 1.807) is 44.8 Å². The molecule has 0 aliphatic carbocycles. The Labute approximate surface area is 109 Å². The highest BCUT2D eigenvalue weighted by atomic mass is 14.2. The van der Waals surface area contributed by atoms with Crippen LogP contribution in [0.4, 0.5) is 0 Å². The fourth-order valence-corrected chi connectivity index (χ4v) is 4.45. The zero-order chi connectivity index (χ0) is 11.9. The van der Waals surface area contributed by atoms with Crippen LogP contribution in [-0.4, -0.2) is 6.71 Å². The highest BCUT2D eigenvalue weighted by Gasteiger charge is 2.37. The molecule has 0 N–H and O–H groups in total. The highest BCUT2D eigenvalue weighted by Crippen LogP contribution is 2.48. The van der Waals surface area contributed by atoms with Gasteiger partial charge in [-0.2, -0.15) is 0 Å². The van der Waals surface area contributed by atoms with Gasteiger partial charge in [-0.05, 0) is 0 Å². The van der Waals surface area contributed by atoms with Crippen molar-refractivity contribution in [3.63, 3.8) is 0 Å². The molecule has 0 aromatic carbocycles. The van der Waals surface area contributed by atoms with Crippen molar-refractivity contribution < 1.29 is 0 Å². The molecule has 2 saturated heterocycles. The van der Waals surface area contributed by atoms with Crippen LogP contribution in [0.25, 0.3) is 0 Å². The van der Waals surface area contributed by atoms with Crippen molar-refractivity contribution in [2.75, 3.05) is 0 Å². The van der Waals surface area contributed by atoms with Crippen LogP contribution in [0.3, 0.4) is 0 Å². The van der Waals surface area contributed by atoms with Crippen LogP contribution in [0.5, 0.6) is 0 Å². The Morgan fingerprint density at radius 3 is 1.88 bits per heavy atom. The zero-order valence-electron chi connectivity index (χ0n) is 11.9. The van der Waals surface area contributed by atoms with E-state index in [1.165, 1.54) is 38.5 Å². The van der Waals surface area contributed by atoms with Gasteiger partial charge < -0.3 is 0 Å². The number of unbranched alkanes of at least 4 members (excludes halogenated alkanes) is 5. The van der Waals surface area contributed by atoms with Crippen molar-refractivity contribution >= 4 is 6.71 Å². The van der Waals surface area contributed by atoms with Crippen molar-refractivity contribution in [3.05, 3.63) is 0 Å². The van der Waals surface area contributed by atoms with Crippen LogP contribution < -0.4 is 0 Å². The molecule has 2 aliphatic heterocycles. The van der Waals surface area contributed by atoms with Crippen molar-refractivity contribution in [2.45, 2.75) is 102 Å². The molecule has 1 heteroatoms. The number of rotatable bonds is 7. The molecular formula is C16H31B. The zero-order valence-corrected chi connectivity index (χ0v) is 11.9. The minimum Gasteiger partial charge on any atom is -0.0737 e. The highest BCUT2D eigenvalue weighted by molar-refractivity contribution is 6.62. The standard InChI is InChI=1S/C16H31B/c1-2-3-4-5-6-7-14-17-15-10-8-11-16(17)13-9-12-15/h15-16H,2-14H2,1H3. The molecule has 2 heterocycles. The Bertz CT molecular complexity index is 180. The average Bonchev–Trinajstić information content (AvgIpc) is 2.33. The van der Waals surface area contributed by atoms with Crippen LogP contribution in [0.1, 0.15) is 84.0 Å². The van der Waals surface area contributed by atoms with Gasteiger partial charge in [-0.15, -0.1) is 0 Å². The molecule has 2 rings (SSSR count). The van der Waals surface area contributed by atoms with Gasteiger partial charge in [0.25, 0.3) is 0 Å². The van der Waals surface area contributed by atoms with Gasteiger partial charge in [-0.3, -0.25) is 0 Å². The first-order chi connectivity index (χ1) is 8.42. The van der Waals surface area contributed by atoms with Gasteiger partial charge in [0, 0.05) is 0 Å². The largest absolute Gasteiger partial charge is 0.146 e. The summed E-state index contributed by atoms with van der Waals surface area (Å²) in [5.74, 6) is 2.27. The number of fused-ring (bicyclic) bond motifs is 2. The third kappa shape index (κ3) is 4.03. The monoisotopic (exact) mass is 234 g/mol. The fraction of sp³-hybridized carbons (Fsp3) is 1.00. The lowest BCUT2D eigenvalue weighted by atomic mass is 9.26. The van der Waals surface area contributed by atoms with Gasteiger partial charge in [-0.1, -0.05) is 102 Å². The van der Waals surface area contributed by atoms with Gasteiger partial charge in [0.05, 0.1) is 0 Å². The van der Waals surface area contributed by atoms with Crippen LogP contribution in [0.2, 0.25) is 18.0 Å². The third-order valence-electron chi connectivity index (χ3n) is 5.40. The predicted molar refractivity (Wildman–Crippen MR) is 79.1 cm³/mol. The lowest BCUT2D eigenvalue weighted by Crippen LogP contribution is -2.34. The van der Waals surface area contributed by atoms with Crippen LogP contribution in [-0.2, 0) is 0 Å². The normalized spacial score (nSPS) is 28.4. The van der Waals surface area contributed by atoms with Gasteiger partial charge >= 0.3 is 0 Å². The second-order valence-electron chi connectivity index (χ2n) is 6.60. The molecule has 0 atom stereocenters. The van der Waals surface area contributed by atoms with E-state index >= 15 is 0 Å². The number of hydrogen-bond acceptors (Lipinski definition) is 0. The Balaban J connectivity index is 1.61. The minimum atomic E-state index is 1.14. The van der Waals surface area contributed by atoms with Gasteiger partial charge in [0.1, 0.15) is 6.71 Å². The second-order valence-corrected chi connectivity index (χ2v) is 6.60. The minimum absolute atomic E-state index is 1.14. The summed E-state index contributed by atoms with van der Waals surface area (Å²) in [5.41, 5.74) is 0. The van der Waals surface area contributed by atoms with E-state index < -0.39 is 0 Å². The lowest BCUT2D eigenvalue weighted by Gasteiger charge is -2.40. The number of hydrogen-bond donors (Lipinski definition) is 0. The van der Waals surface area contributed by atoms with E-state index in [9.17, 15) is 0 Å². The van der Waals surface area contributed by atoms with Crippen LogP contribution in [0, 0.1) is 0 Å². The topological polar surface area (TPSA) is 0 Å². The summed E-state index contributed by atoms with van der Waals surface area (Å²) in [5, 5.41) is 0. The maximum absolute atomic E-state index is 2.31. The lowest BCUT2D eigenvalue weighted by molar-refractivity contribution is 0.439. The Kier molecular flexibility index (Phi) is 5.94. The summed E-state index contributed by atoms with van der Waals surface area (Å²) >= 11 is 0. The van der Waals surface area contributed by atoms with Crippen molar-refractivity contribution in [1.29, 1.82) is 0 Å². The first-order valence-electron chi connectivity index (χ1n) is 8.42. The van der Waals surface area contributed by atoms with Gasteiger partial charge in [0.15, 0.2) is 0 Å². The van der Waals surface area contributed by atoms with Crippen molar-refractivity contribution in [3.8, 4) is 0 Å². The molecule has 2 bridgehead atoms. The Morgan fingerprint density at radius 2 is 1.29 bits per heavy atom. The Hall–Kier alpha value is 0.0649. The SMILES string of the molecule is CCCCCCCCB1C2CCCC1CCC2. The maximum atomic E-state index is 2.31. The fourth-order valence-electron chi connectivity index (χ4n) is 4.45. The predicted octanol–water partition coefficient (Wildman–Crippen LogP) is 5.95. The molecule has 0 nitrogen and oxygen atoms in total.